The summed E-state index contributed by atoms with van der Waals surface area (Å²) in [6.07, 6.45) is 3.55. The van der Waals surface area contributed by atoms with Gasteiger partial charge in [-0.3, -0.25) is 4.79 Å². The molecule has 4 nitrogen and oxygen atoms in total. The van der Waals surface area contributed by atoms with Crippen molar-refractivity contribution in [2.45, 2.75) is 44.5 Å². The number of rotatable bonds is 8. The number of hydrogen-bond donors (Lipinski definition) is 2. The lowest BCUT2D eigenvalue weighted by Gasteiger charge is -2.32. The summed E-state index contributed by atoms with van der Waals surface area (Å²) < 4.78 is 6.76. The van der Waals surface area contributed by atoms with E-state index in [4.69, 9.17) is 4.74 Å². The van der Waals surface area contributed by atoms with E-state index in [1.54, 1.807) is 30.3 Å². The maximum Gasteiger partial charge on any atom is 0.176 e. The summed E-state index contributed by atoms with van der Waals surface area (Å²) in [7, 11) is 0. The predicted molar refractivity (Wildman–Crippen MR) is 127 cm³/mol. The summed E-state index contributed by atoms with van der Waals surface area (Å²) in [5.41, 5.74) is 0.597. The molecule has 5 heteroatoms. The minimum absolute atomic E-state index is 0.191. The van der Waals surface area contributed by atoms with Gasteiger partial charge >= 0.3 is 0 Å². The molecule has 0 saturated heterocycles. The van der Waals surface area contributed by atoms with E-state index in [9.17, 15) is 15.0 Å². The molecule has 0 heterocycles. The van der Waals surface area contributed by atoms with Crippen molar-refractivity contribution in [1.82, 2.24) is 0 Å². The van der Waals surface area contributed by atoms with Gasteiger partial charge in [0.1, 0.15) is 12.4 Å². The van der Waals surface area contributed by atoms with Crippen LogP contribution in [0.15, 0.2) is 77.3 Å². The number of Topliss-reactive ketones (excluding diaryl/α,β-unsaturated/α-hetero) is 1. The van der Waals surface area contributed by atoms with Crippen LogP contribution in [0.2, 0.25) is 0 Å². The highest BCUT2D eigenvalue weighted by molar-refractivity contribution is 9.10. The van der Waals surface area contributed by atoms with Crippen LogP contribution in [0.5, 0.6) is 5.75 Å². The normalized spacial score (nSPS) is 16.0. The molecular formula is C27H27BrO4. The second-order valence-corrected chi connectivity index (χ2v) is 9.23. The van der Waals surface area contributed by atoms with Crippen LogP contribution < -0.4 is 4.74 Å². The van der Waals surface area contributed by atoms with Crippen molar-refractivity contribution in [2.75, 3.05) is 0 Å². The average molecular weight is 495 g/mol. The molecule has 4 rings (SSSR count). The minimum Gasteiger partial charge on any atom is -0.489 e. The largest absolute Gasteiger partial charge is 0.489 e. The van der Waals surface area contributed by atoms with Crippen LogP contribution in [0.3, 0.4) is 0 Å². The third-order valence-corrected chi connectivity index (χ3v) is 6.76. The van der Waals surface area contributed by atoms with Gasteiger partial charge in [-0.25, -0.2) is 0 Å². The van der Waals surface area contributed by atoms with E-state index in [0.717, 1.165) is 35.7 Å². The van der Waals surface area contributed by atoms with Crippen molar-refractivity contribution >= 4 is 21.7 Å². The van der Waals surface area contributed by atoms with E-state index >= 15 is 0 Å². The highest BCUT2D eigenvalue weighted by Crippen LogP contribution is 2.40. The van der Waals surface area contributed by atoms with E-state index in [-0.39, 0.29) is 18.3 Å². The molecule has 1 unspecified atom stereocenters. The summed E-state index contributed by atoms with van der Waals surface area (Å²) >= 11 is 3.42. The summed E-state index contributed by atoms with van der Waals surface area (Å²) in [6, 6.07) is 22.1. The molecule has 0 aromatic heterocycles. The Kier molecular flexibility index (Phi) is 7.09. The van der Waals surface area contributed by atoms with E-state index in [0.29, 0.717) is 29.0 Å². The Bertz CT molecular complexity index is 1060. The maximum atomic E-state index is 13.6. The molecular weight excluding hydrogens is 468 g/mol. The van der Waals surface area contributed by atoms with Gasteiger partial charge in [-0.05, 0) is 53.8 Å². The van der Waals surface area contributed by atoms with Gasteiger partial charge in [0.05, 0.1) is 6.61 Å². The molecule has 1 saturated carbocycles. The molecule has 2 N–H and O–H groups in total. The molecule has 166 valence electrons. The van der Waals surface area contributed by atoms with Crippen LogP contribution in [0.1, 0.15) is 47.9 Å². The molecule has 0 aliphatic heterocycles. The van der Waals surface area contributed by atoms with Crippen LogP contribution in [-0.2, 0) is 23.6 Å². The number of ether oxygens (including phenoxy) is 1. The zero-order valence-corrected chi connectivity index (χ0v) is 19.4. The molecule has 0 spiro atoms. The smallest absolute Gasteiger partial charge is 0.176 e. The van der Waals surface area contributed by atoms with E-state index in [1.807, 2.05) is 42.5 Å². The molecule has 3 aromatic carbocycles. The first-order chi connectivity index (χ1) is 15.5. The fourth-order valence-corrected chi connectivity index (χ4v) is 4.75. The van der Waals surface area contributed by atoms with Crippen LogP contribution >= 0.6 is 15.9 Å². The summed E-state index contributed by atoms with van der Waals surface area (Å²) in [6.45, 7) is 0.0810. The van der Waals surface area contributed by atoms with Crippen LogP contribution in [-0.4, -0.2) is 16.0 Å². The zero-order valence-electron chi connectivity index (χ0n) is 17.8. The first kappa shape index (κ1) is 22.7. The first-order valence-corrected chi connectivity index (χ1v) is 11.8. The summed E-state index contributed by atoms with van der Waals surface area (Å²) in [5, 5.41) is 22.1. The number of halogens is 1. The summed E-state index contributed by atoms with van der Waals surface area (Å²) in [4.78, 5) is 13.6. The Hall–Kier alpha value is -2.47. The second-order valence-electron chi connectivity index (χ2n) is 8.31. The monoisotopic (exact) mass is 494 g/mol. The number of benzene rings is 3. The predicted octanol–water partition coefficient (Wildman–Crippen LogP) is 5.52. The molecule has 0 amide bonds. The zero-order chi connectivity index (χ0) is 22.6. The van der Waals surface area contributed by atoms with Crippen LogP contribution in [0.4, 0.5) is 0 Å². The second kappa shape index (κ2) is 9.99. The van der Waals surface area contributed by atoms with Crippen molar-refractivity contribution in [3.63, 3.8) is 0 Å². The average Bonchev–Trinajstić information content (AvgIpc) is 3.37. The topological polar surface area (TPSA) is 66.8 Å². The number of carbonyl (C=O) groups is 1. The highest BCUT2D eigenvalue weighted by Gasteiger charge is 2.45. The fourth-order valence-electron chi connectivity index (χ4n) is 4.49. The van der Waals surface area contributed by atoms with Gasteiger partial charge < -0.3 is 14.9 Å². The van der Waals surface area contributed by atoms with Gasteiger partial charge in [-0.1, -0.05) is 77.3 Å². The minimum atomic E-state index is -1.83. The Balaban J connectivity index is 1.71. The Morgan fingerprint density at radius 3 is 2.34 bits per heavy atom. The number of ketones is 1. The van der Waals surface area contributed by atoms with Gasteiger partial charge in [-0.2, -0.15) is 0 Å². The van der Waals surface area contributed by atoms with Crippen molar-refractivity contribution in [2.24, 2.45) is 5.92 Å². The molecule has 0 radical (unpaired) electrons. The lowest BCUT2D eigenvalue weighted by atomic mass is 9.76. The van der Waals surface area contributed by atoms with Crippen LogP contribution in [0.25, 0.3) is 0 Å². The molecule has 1 aliphatic carbocycles. The molecule has 1 atom stereocenters. The van der Waals surface area contributed by atoms with Crippen LogP contribution in [0, 0.1) is 5.92 Å². The maximum absolute atomic E-state index is 13.6. The van der Waals surface area contributed by atoms with Gasteiger partial charge in [0.25, 0.3) is 0 Å². The number of aliphatic hydroxyl groups excluding tert-OH is 1. The lowest BCUT2D eigenvalue weighted by Crippen LogP contribution is -2.41. The third-order valence-electron chi connectivity index (χ3n) is 6.23. The summed E-state index contributed by atoms with van der Waals surface area (Å²) in [5.74, 6) is 0.183. The molecule has 32 heavy (non-hydrogen) atoms. The lowest BCUT2D eigenvalue weighted by molar-refractivity contribution is -0.138. The first-order valence-electron chi connectivity index (χ1n) is 11.0. The van der Waals surface area contributed by atoms with Gasteiger partial charge in [0.15, 0.2) is 11.4 Å². The fraction of sp³-hybridized carbons (Fsp3) is 0.296. The third kappa shape index (κ3) is 4.65. The Morgan fingerprint density at radius 1 is 1.00 bits per heavy atom. The van der Waals surface area contributed by atoms with Gasteiger partial charge in [0, 0.05) is 16.0 Å². The van der Waals surface area contributed by atoms with E-state index in [1.165, 1.54) is 0 Å². The number of aliphatic hydroxyl groups is 2. The Morgan fingerprint density at radius 2 is 1.69 bits per heavy atom. The van der Waals surface area contributed by atoms with Crippen molar-refractivity contribution < 1.29 is 19.7 Å². The van der Waals surface area contributed by atoms with E-state index < -0.39 is 5.60 Å². The molecule has 3 aromatic rings. The van der Waals surface area contributed by atoms with Gasteiger partial charge in [-0.15, -0.1) is 0 Å². The van der Waals surface area contributed by atoms with Crippen molar-refractivity contribution in [3.8, 4) is 5.75 Å². The van der Waals surface area contributed by atoms with Crippen molar-refractivity contribution in [1.29, 1.82) is 0 Å². The molecule has 1 aliphatic rings. The molecule has 1 fully saturated rings. The molecule has 0 bridgehead atoms. The number of carbonyl (C=O) groups excluding carboxylic acids is 1. The van der Waals surface area contributed by atoms with Crippen molar-refractivity contribution in [3.05, 3.63) is 99.5 Å². The SMILES string of the molecule is O=C(C1CCCC1)C(O)(c1ccc(Br)cc1)c1ccc(OCc2ccccc2)cc1CO. The van der Waals surface area contributed by atoms with Gasteiger partial charge in [0.2, 0.25) is 0 Å². The standard InChI is InChI=1S/C27H27BrO4/c28-23-12-10-22(11-13-23)27(31,26(30)20-8-4-5-9-20)25-15-14-24(16-21(25)17-29)32-18-19-6-2-1-3-7-19/h1-3,6-7,10-16,20,29,31H,4-5,8-9,17-18H2. The quantitative estimate of drug-likeness (QED) is 0.432. The Labute approximate surface area is 197 Å². The number of hydrogen-bond acceptors (Lipinski definition) is 4. The highest BCUT2D eigenvalue weighted by atomic mass is 79.9. The van der Waals surface area contributed by atoms with E-state index in [2.05, 4.69) is 15.9 Å².